The van der Waals surface area contributed by atoms with Crippen LogP contribution in [0.1, 0.15) is 47.6 Å². The van der Waals surface area contributed by atoms with Crippen LogP contribution in [0, 0.1) is 13.8 Å². The summed E-state index contributed by atoms with van der Waals surface area (Å²) >= 11 is 12.3. The number of esters is 1. The largest absolute Gasteiger partial charge is 0.469 e. The van der Waals surface area contributed by atoms with Crippen molar-refractivity contribution < 1.29 is 9.53 Å². The monoisotopic (exact) mass is 482 g/mol. The molecule has 2 atom stereocenters. The van der Waals surface area contributed by atoms with E-state index in [1.165, 1.54) is 7.11 Å². The summed E-state index contributed by atoms with van der Waals surface area (Å²) in [7, 11) is 1.41. The molecule has 0 aliphatic carbocycles. The normalized spacial score (nSPS) is 17.8. The third-order valence-electron chi connectivity index (χ3n) is 6.09. The van der Waals surface area contributed by atoms with E-state index < -0.39 is 0 Å². The van der Waals surface area contributed by atoms with E-state index in [0.29, 0.717) is 29.5 Å². The molecule has 1 aliphatic heterocycles. The number of nitrogens with one attached hydrogen (secondary N) is 1. The van der Waals surface area contributed by atoms with Gasteiger partial charge in [0.15, 0.2) is 5.11 Å². The van der Waals surface area contributed by atoms with E-state index in [4.69, 9.17) is 28.6 Å². The maximum Gasteiger partial charge on any atom is 0.305 e. The highest BCUT2D eigenvalue weighted by molar-refractivity contribution is 7.80. The minimum atomic E-state index is -0.220. The number of para-hydroxylation sites is 1. The summed E-state index contributed by atoms with van der Waals surface area (Å²) in [5.74, 6) is -0.220. The lowest BCUT2D eigenvalue weighted by atomic mass is 9.96. The number of thiocarbonyl (C=S) groups is 1. The van der Waals surface area contributed by atoms with Crippen LogP contribution in [0.25, 0.3) is 5.69 Å². The molecular formula is C25H27ClN4O2S. The van der Waals surface area contributed by atoms with Gasteiger partial charge in [0.2, 0.25) is 0 Å². The fourth-order valence-electron chi connectivity index (χ4n) is 4.57. The van der Waals surface area contributed by atoms with E-state index in [1.54, 1.807) is 6.20 Å². The van der Waals surface area contributed by atoms with E-state index in [0.717, 1.165) is 28.3 Å². The zero-order valence-corrected chi connectivity index (χ0v) is 20.5. The van der Waals surface area contributed by atoms with Gasteiger partial charge in [-0.05, 0) is 68.4 Å². The summed E-state index contributed by atoms with van der Waals surface area (Å²) in [4.78, 5) is 18.5. The van der Waals surface area contributed by atoms with Gasteiger partial charge in [0.1, 0.15) is 0 Å². The van der Waals surface area contributed by atoms with Crippen LogP contribution in [0.2, 0.25) is 5.02 Å². The van der Waals surface area contributed by atoms with Crippen molar-refractivity contribution in [1.29, 1.82) is 0 Å². The summed E-state index contributed by atoms with van der Waals surface area (Å²) < 4.78 is 6.99. The second-order valence-corrected chi connectivity index (χ2v) is 8.91. The van der Waals surface area contributed by atoms with Crippen LogP contribution >= 0.6 is 23.8 Å². The van der Waals surface area contributed by atoms with Gasteiger partial charge in [0, 0.05) is 30.6 Å². The number of carbonyl (C=O) groups excluding carboxylic acids is 1. The third kappa shape index (κ3) is 4.61. The Balaban J connectivity index is 1.76. The standard InChI is InChI=1S/C25H27ClN4O2S/c1-16-15-18(17(2)30(16)21-11-5-4-9-19(21)26)24-23(20-10-6-7-13-27-20)28-25(33)29(24)14-8-12-22(31)32-3/h4-7,9-11,13,15,23-24H,8,12,14H2,1-3H3,(H,28,33). The first kappa shape index (κ1) is 23.3. The average molecular weight is 483 g/mol. The molecule has 0 radical (unpaired) electrons. The number of aromatic nitrogens is 2. The molecule has 0 amide bonds. The Morgan fingerprint density at radius 3 is 2.67 bits per heavy atom. The number of aryl methyl sites for hydroxylation is 1. The van der Waals surface area contributed by atoms with Gasteiger partial charge in [-0.2, -0.15) is 0 Å². The smallest absolute Gasteiger partial charge is 0.305 e. The maximum atomic E-state index is 11.7. The first-order chi connectivity index (χ1) is 15.9. The van der Waals surface area contributed by atoms with E-state index >= 15 is 0 Å². The van der Waals surface area contributed by atoms with Crippen LogP contribution in [0.4, 0.5) is 0 Å². The van der Waals surface area contributed by atoms with Crippen LogP contribution < -0.4 is 5.32 Å². The lowest BCUT2D eigenvalue weighted by molar-refractivity contribution is -0.140. The van der Waals surface area contributed by atoms with Crippen LogP contribution in [0.3, 0.4) is 0 Å². The van der Waals surface area contributed by atoms with Crippen LogP contribution in [0.15, 0.2) is 54.7 Å². The number of pyridine rings is 1. The van der Waals surface area contributed by atoms with Crippen molar-refractivity contribution in [2.24, 2.45) is 0 Å². The molecule has 33 heavy (non-hydrogen) atoms. The molecule has 1 aliphatic rings. The highest BCUT2D eigenvalue weighted by atomic mass is 35.5. The summed E-state index contributed by atoms with van der Waals surface area (Å²) in [6.07, 6.45) is 2.78. The molecule has 0 saturated carbocycles. The predicted molar refractivity (Wildman–Crippen MR) is 134 cm³/mol. The van der Waals surface area contributed by atoms with Gasteiger partial charge in [0.05, 0.1) is 35.6 Å². The molecule has 1 fully saturated rings. The lowest BCUT2D eigenvalue weighted by Crippen LogP contribution is -2.31. The van der Waals surface area contributed by atoms with Gasteiger partial charge >= 0.3 is 5.97 Å². The van der Waals surface area contributed by atoms with Gasteiger partial charge in [0.25, 0.3) is 0 Å². The SMILES string of the molecule is COC(=O)CCCN1C(=S)NC(c2ccccn2)C1c1cc(C)n(-c2ccccc2Cl)c1C. The first-order valence-electron chi connectivity index (χ1n) is 10.9. The number of ether oxygens (including phenoxy) is 1. The van der Waals surface area contributed by atoms with Crippen molar-refractivity contribution in [1.82, 2.24) is 19.8 Å². The van der Waals surface area contributed by atoms with Gasteiger partial charge in [-0.3, -0.25) is 9.78 Å². The molecule has 3 aromatic rings. The summed E-state index contributed by atoms with van der Waals surface area (Å²) in [6, 6.07) is 15.7. The molecule has 172 valence electrons. The van der Waals surface area contributed by atoms with E-state index in [9.17, 15) is 4.79 Å². The molecule has 2 unspecified atom stereocenters. The zero-order chi connectivity index (χ0) is 23.5. The minimum absolute atomic E-state index is 0.0764. The summed E-state index contributed by atoms with van der Waals surface area (Å²) in [5.41, 5.74) is 5.19. The quantitative estimate of drug-likeness (QED) is 0.375. The Hall–Kier alpha value is -2.90. The number of halogens is 1. The fourth-order valence-corrected chi connectivity index (χ4v) is 5.12. The van der Waals surface area contributed by atoms with Crippen LogP contribution in [-0.2, 0) is 9.53 Å². The van der Waals surface area contributed by atoms with Crippen molar-refractivity contribution in [3.05, 3.63) is 82.4 Å². The maximum absolute atomic E-state index is 11.7. The van der Waals surface area contributed by atoms with E-state index in [-0.39, 0.29) is 18.1 Å². The Kier molecular flexibility index (Phi) is 7.00. The lowest BCUT2D eigenvalue weighted by Gasteiger charge is -2.28. The number of hydrogen-bond donors (Lipinski definition) is 1. The Labute approximate surface area is 204 Å². The molecule has 4 rings (SSSR count). The van der Waals surface area contributed by atoms with E-state index in [1.807, 2.05) is 42.5 Å². The molecule has 3 heterocycles. The van der Waals surface area contributed by atoms with Gasteiger partial charge in [-0.25, -0.2) is 0 Å². The summed E-state index contributed by atoms with van der Waals surface area (Å²) in [5, 5.41) is 4.82. The van der Waals surface area contributed by atoms with Crippen molar-refractivity contribution >= 4 is 34.9 Å². The topological polar surface area (TPSA) is 59.4 Å². The number of benzene rings is 1. The number of rotatable bonds is 7. The molecule has 0 bridgehead atoms. The minimum Gasteiger partial charge on any atom is -0.469 e. The van der Waals surface area contributed by atoms with E-state index in [2.05, 4.69) is 39.7 Å². The molecular weight excluding hydrogens is 456 g/mol. The second-order valence-electron chi connectivity index (χ2n) is 8.11. The number of hydrogen-bond acceptors (Lipinski definition) is 4. The number of methoxy groups -OCH3 is 1. The number of carbonyl (C=O) groups is 1. The molecule has 0 spiro atoms. The highest BCUT2D eigenvalue weighted by Crippen LogP contribution is 2.41. The van der Waals surface area contributed by atoms with Crippen LogP contribution in [0.5, 0.6) is 0 Å². The Morgan fingerprint density at radius 1 is 1.21 bits per heavy atom. The summed E-state index contributed by atoms with van der Waals surface area (Å²) in [6.45, 7) is 4.82. The van der Waals surface area contributed by atoms with Crippen molar-refractivity contribution in [2.75, 3.05) is 13.7 Å². The Bertz CT molecular complexity index is 1160. The molecule has 6 nitrogen and oxygen atoms in total. The molecule has 8 heteroatoms. The van der Waals surface area contributed by atoms with Gasteiger partial charge in [-0.1, -0.05) is 29.8 Å². The molecule has 1 N–H and O–H groups in total. The molecule has 1 saturated heterocycles. The van der Waals surface area contributed by atoms with Gasteiger partial charge < -0.3 is 19.5 Å². The molecule has 1 aromatic carbocycles. The highest BCUT2D eigenvalue weighted by Gasteiger charge is 2.41. The Morgan fingerprint density at radius 2 is 1.97 bits per heavy atom. The predicted octanol–water partition coefficient (Wildman–Crippen LogP) is 5.07. The van der Waals surface area contributed by atoms with Crippen molar-refractivity contribution in [3.8, 4) is 5.69 Å². The van der Waals surface area contributed by atoms with Crippen LogP contribution in [-0.4, -0.2) is 39.2 Å². The number of nitrogens with zero attached hydrogens (tertiary/aromatic N) is 3. The first-order valence-corrected chi connectivity index (χ1v) is 11.7. The zero-order valence-electron chi connectivity index (χ0n) is 18.9. The fraction of sp³-hybridized carbons (Fsp3) is 0.320. The van der Waals surface area contributed by atoms with Crippen molar-refractivity contribution in [3.63, 3.8) is 0 Å². The average Bonchev–Trinajstić information content (AvgIpc) is 3.30. The molecule has 2 aromatic heterocycles. The van der Waals surface area contributed by atoms with Crippen molar-refractivity contribution in [2.45, 2.75) is 38.8 Å². The third-order valence-corrected chi connectivity index (χ3v) is 6.76. The van der Waals surface area contributed by atoms with Gasteiger partial charge in [-0.15, -0.1) is 0 Å². The second kappa shape index (κ2) is 9.93.